The Bertz CT molecular complexity index is 544. The second kappa shape index (κ2) is 7.34. The van der Waals surface area contributed by atoms with Gasteiger partial charge in [0.1, 0.15) is 22.9 Å². The number of aromatic hydroxyl groups is 2. The van der Waals surface area contributed by atoms with Crippen molar-refractivity contribution in [2.45, 2.75) is 0 Å². The van der Waals surface area contributed by atoms with Crippen molar-refractivity contribution in [1.29, 1.82) is 0 Å². The molecular weight excluding hydrogens is 287 g/mol. The van der Waals surface area contributed by atoms with E-state index in [1.54, 1.807) is 48.5 Å². The van der Waals surface area contributed by atoms with Gasteiger partial charge in [-0.25, -0.2) is 0 Å². The number of benzene rings is 2. The van der Waals surface area contributed by atoms with Crippen LogP contribution in [0.5, 0.6) is 11.5 Å². The predicted molar refractivity (Wildman–Crippen MR) is 72.5 cm³/mol. The summed E-state index contributed by atoms with van der Waals surface area (Å²) in [5.41, 5.74) is 0.947. The molecule has 0 aromatic heterocycles. The maximum absolute atomic E-state index is 9.47. The smallest absolute Gasteiger partial charge is 0.141 e. The first kappa shape index (κ1) is 14.9. The third-order valence-corrected chi connectivity index (χ3v) is 2.26. The van der Waals surface area contributed by atoms with Crippen LogP contribution in [0.2, 0.25) is 0 Å². The van der Waals surface area contributed by atoms with Gasteiger partial charge in [0, 0.05) is 28.9 Å². The number of aliphatic imine (C=N–C) groups is 2. The van der Waals surface area contributed by atoms with Crippen LogP contribution in [0.3, 0.4) is 0 Å². The molecule has 0 bridgehead atoms. The van der Waals surface area contributed by atoms with E-state index in [1.807, 2.05) is 0 Å². The van der Waals surface area contributed by atoms with Crippen molar-refractivity contribution in [3.8, 4) is 11.5 Å². The molecule has 0 fully saturated rings. The molecular formula is C14H12N2NiO2. The van der Waals surface area contributed by atoms with E-state index >= 15 is 0 Å². The molecule has 0 amide bonds. The van der Waals surface area contributed by atoms with Gasteiger partial charge in [0.2, 0.25) is 0 Å². The first-order valence-electron chi connectivity index (χ1n) is 5.40. The third kappa shape index (κ3) is 4.23. The molecule has 0 heterocycles. The molecule has 100 valence electrons. The molecule has 0 saturated heterocycles. The summed E-state index contributed by atoms with van der Waals surface area (Å²) in [6.07, 6.45) is 2.92. The first-order chi connectivity index (χ1) is 8.77. The molecule has 0 atom stereocenters. The molecule has 0 radical (unpaired) electrons. The molecule has 5 heteroatoms. The van der Waals surface area contributed by atoms with Gasteiger partial charge < -0.3 is 10.2 Å². The van der Waals surface area contributed by atoms with Crippen molar-refractivity contribution in [3.05, 3.63) is 48.5 Å². The molecule has 0 aliphatic heterocycles. The van der Waals surface area contributed by atoms with Crippen LogP contribution >= 0.6 is 0 Å². The maximum Gasteiger partial charge on any atom is 0.141 e. The fraction of sp³-hybridized carbons (Fsp3) is 0. The molecule has 19 heavy (non-hydrogen) atoms. The van der Waals surface area contributed by atoms with E-state index in [2.05, 4.69) is 9.98 Å². The van der Waals surface area contributed by atoms with Gasteiger partial charge in [-0.1, -0.05) is 24.3 Å². The van der Waals surface area contributed by atoms with Crippen LogP contribution < -0.4 is 0 Å². The van der Waals surface area contributed by atoms with Crippen LogP contribution in [-0.4, -0.2) is 22.6 Å². The SMILES string of the molecule is Oc1ccccc1N=CC=Nc1ccccc1O.[Ni]. The largest absolute Gasteiger partial charge is 0.506 e. The Labute approximate surface area is 121 Å². The van der Waals surface area contributed by atoms with Crippen molar-refractivity contribution >= 4 is 23.8 Å². The Morgan fingerprint density at radius 1 is 0.684 bits per heavy atom. The van der Waals surface area contributed by atoms with Gasteiger partial charge in [0.15, 0.2) is 0 Å². The zero-order valence-corrected chi connectivity index (χ0v) is 10.9. The number of hydrogen-bond acceptors (Lipinski definition) is 4. The van der Waals surface area contributed by atoms with E-state index in [1.165, 1.54) is 12.4 Å². The van der Waals surface area contributed by atoms with E-state index in [4.69, 9.17) is 0 Å². The fourth-order valence-corrected chi connectivity index (χ4v) is 1.37. The molecule has 2 rings (SSSR count). The van der Waals surface area contributed by atoms with Crippen LogP contribution in [0.1, 0.15) is 0 Å². The minimum atomic E-state index is 0. The summed E-state index contributed by atoms with van der Waals surface area (Å²) in [5.74, 6) is 0.231. The molecule has 2 aromatic rings. The number of rotatable bonds is 3. The van der Waals surface area contributed by atoms with E-state index in [-0.39, 0.29) is 28.0 Å². The standard InChI is InChI=1S/C14H12N2O2.Ni/c17-13-7-3-1-5-11(13)15-9-10-16-12-6-2-4-8-14(12)18;/h1-10,17-18H;. The van der Waals surface area contributed by atoms with Crippen molar-refractivity contribution in [2.75, 3.05) is 0 Å². The number of para-hydroxylation sites is 4. The van der Waals surface area contributed by atoms with E-state index in [9.17, 15) is 10.2 Å². The van der Waals surface area contributed by atoms with Gasteiger partial charge >= 0.3 is 0 Å². The van der Waals surface area contributed by atoms with E-state index in [0.29, 0.717) is 11.4 Å². The summed E-state index contributed by atoms with van der Waals surface area (Å²) in [5, 5.41) is 18.9. The molecule has 2 N–H and O–H groups in total. The molecule has 0 spiro atoms. The van der Waals surface area contributed by atoms with Gasteiger partial charge in [-0.15, -0.1) is 0 Å². The number of hydrogen-bond donors (Lipinski definition) is 2. The topological polar surface area (TPSA) is 65.2 Å². The van der Waals surface area contributed by atoms with Gasteiger partial charge in [-0.05, 0) is 24.3 Å². The Morgan fingerprint density at radius 2 is 1.05 bits per heavy atom. The normalized spacial score (nSPS) is 10.7. The monoisotopic (exact) mass is 298 g/mol. The Morgan fingerprint density at radius 3 is 1.42 bits per heavy atom. The molecule has 0 aliphatic rings. The summed E-state index contributed by atoms with van der Waals surface area (Å²) in [7, 11) is 0. The first-order valence-corrected chi connectivity index (χ1v) is 5.40. The van der Waals surface area contributed by atoms with Gasteiger partial charge in [0.25, 0.3) is 0 Å². The van der Waals surface area contributed by atoms with Gasteiger partial charge in [0.05, 0.1) is 0 Å². The summed E-state index contributed by atoms with van der Waals surface area (Å²) >= 11 is 0. The van der Waals surface area contributed by atoms with Crippen LogP contribution in [0.4, 0.5) is 11.4 Å². The van der Waals surface area contributed by atoms with Crippen LogP contribution in [0.25, 0.3) is 0 Å². The van der Waals surface area contributed by atoms with Crippen molar-refractivity contribution in [2.24, 2.45) is 9.98 Å². The summed E-state index contributed by atoms with van der Waals surface area (Å²) in [6.45, 7) is 0. The molecule has 0 saturated carbocycles. The Hall–Kier alpha value is -2.13. The fourth-order valence-electron chi connectivity index (χ4n) is 1.37. The Balaban J connectivity index is 0.00000180. The number of phenolic OH excluding ortho intramolecular Hbond substituents is 2. The second-order valence-electron chi connectivity index (χ2n) is 3.53. The van der Waals surface area contributed by atoms with Crippen molar-refractivity contribution in [1.82, 2.24) is 0 Å². The zero-order chi connectivity index (χ0) is 12.8. The molecule has 0 aliphatic carbocycles. The summed E-state index contributed by atoms with van der Waals surface area (Å²) < 4.78 is 0. The average molecular weight is 299 g/mol. The average Bonchev–Trinajstić information content (AvgIpc) is 2.38. The van der Waals surface area contributed by atoms with Crippen LogP contribution in [-0.2, 0) is 16.5 Å². The van der Waals surface area contributed by atoms with Crippen LogP contribution in [0.15, 0.2) is 58.5 Å². The maximum atomic E-state index is 9.47. The Kier molecular flexibility index (Phi) is 5.77. The van der Waals surface area contributed by atoms with E-state index in [0.717, 1.165) is 0 Å². The third-order valence-electron chi connectivity index (χ3n) is 2.26. The second-order valence-corrected chi connectivity index (χ2v) is 3.53. The van der Waals surface area contributed by atoms with Gasteiger partial charge in [-0.3, -0.25) is 9.98 Å². The van der Waals surface area contributed by atoms with Gasteiger partial charge in [-0.2, -0.15) is 0 Å². The summed E-state index contributed by atoms with van der Waals surface area (Å²) in [4.78, 5) is 8.09. The summed E-state index contributed by atoms with van der Waals surface area (Å²) in [6, 6.07) is 13.5. The minimum Gasteiger partial charge on any atom is -0.506 e. The molecule has 4 nitrogen and oxygen atoms in total. The predicted octanol–water partition coefficient (Wildman–Crippen LogP) is 3.20. The van der Waals surface area contributed by atoms with Crippen molar-refractivity contribution < 1.29 is 26.7 Å². The van der Waals surface area contributed by atoms with Crippen molar-refractivity contribution in [3.63, 3.8) is 0 Å². The minimum absolute atomic E-state index is 0. The number of nitrogens with zero attached hydrogens (tertiary/aromatic N) is 2. The quantitative estimate of drug-likeness (QED) is 0.675. The zero-order valence-electron chi connectivity index (χ0n) is 9.88. The van der Waals surface area contributed by atoms with E-state index < -0.39 is 0 Å². The molecule has 0 unspecified atom stereocenters. The number of phenols is 2. The van der Waals surface area contributed by atoms with Crippen LogP contribution in [0, 0.1) is 0 Å². The molecule has 2 aromatic carbocycles.